The van der Waals surface area contributed by atoms with Crippen LogP contribution in [0, 0.1) is 0 Å². The summed E-state index contributed by atoms with van der Waals surface area (Å²) in [5.41, 5.74) is 10.6. The third kappa shape index (κ3) is 4.95. The molecule has 0 saturated carbocycles. The third-order valence-corrected chi connectivity index (χ3v) is 2.86. The van der Waals surface area contributed by atoms with Crippen molar-refractivity contribution in [3.63, 3.8) is 0 Å². The second-order valence-electron chi connectivity index (χ2n) is 4.49. The Morgan fingerprint density at radius 1 is 1.35 bits per heavy atom. The Labute approximate surface area is 129 Å². The van der Waals surface area contributed by atoms with Crippen LogP contribution in [0.1, 0.15) is 16.7 Å². The number of hydrogen-bond acceptors (Lipinski definition) is 8. The number of nitrogens with two attached hydrogens (primary N) is 2. The second-order valence-corrected chi connectivity index (χ2v) is 5.52. The Hall–Kier alpha value is -1.57. The minimum atomic E-state index is -4.64. The third-order valence-electron chi connectivity index (χ3n) is 2.86. The molecule has 13 nitrogen and oxygen atoms in total. The van der Waals surface area contributed by atoms with Crippen molar-refractivity contribution in [3.05, 3.63) is 12.0 Å². The largest absolute Gasteiger partial charge is 0.466 e. The van der Waals surface area contributed by atoms with Crippen LogP contribution in [0.3, 0.4) is 0 Å². The maximum absolute atomic E-state index is 11.0. The van der Waals surface area contributed by atoms with Gasteiger partial charge in [0, 0.05) is 0 Å². The van der Waals surface area contributed by atoms with Gasteiger partial charge < -0.3 is 46.2 Å². The van der Waals surface area contributed by atoms with E-state index in [1.165, 1.54) is 10.9 Å². The van der Waals surface area contributed by atoms with Gasteiger partial charge in [-0.1, -0.05) is 0 Å². The Morgan fingerprint density at radius 3 is 2.22 bits per heavy atom. The van der Waals surface area contributed by atoms with Crippen LogP contribution in [-0.4, -0.2) is 70.4 Å². The summed E-state index contributed by atoms with van der Waals surface area (Å²) in [5.74, 6) is -0.879. The minimum absolute atomic E-state index is 0.0719. The summed E-state index contributed by atoms with van der Waals surface area (Å²) >= 11 is 0. The number of aromatic nitrogens is 2. The highest BCUT2D eigenvalue weighted by molar-refractivity contribution is 7.45. The molecule has 10 N–H and O–H groups in total. The molecule has 1 aliphatic rings. The lowest BCUT2D eigenvalue weighted by molar-refractivity contribution is -0.0518. The Bertz CT molecular complexity index is 594. The van der Waals surface area contributed by atoms with Gasteiger partial charge in [-0.2, -0.15) is 0 Å². The van der Waals surface area contributed by atoms with Crippen molar-refractivity contribution >= 4 is 19.5 Å². The molecule has 0 radical (unpaired) electrons. The fourth-order valence-electron chi connectivity index (χ4n) is 1.87. The summed E-state index contributed by atoms with van der Waals surface area (Å²) in [6.07, 6.45) is -3.32. The zero-order valence-corrected chi connectivity index (χ0v) is 12.4. The van der Waals surface area contributed by atoms with Crippen LogP contribution in [0.2, 0.25) is 0 Å². The highest BCUT2D eigenvalue weighted by Gasteiger charge is 2.44. The van der Waals surface area contributed by atoms with Gasteiger partial charge in [-0.25, -0.2) is 9.55 Å². The molecule has 0 bridgehead atoms. The van der Waals surface area contributed by atoms with Gasteiger partial charge in [-0.3, -0.25) is 9.36 Å². The number of nitrogen functional groups attached to an aromatic ring is 1. The fraction of sp³-hybridized carbons (Fsp3) is 0.556. The van der Waals surface area contributed by atoms with Crippen molar-refractivity contribution < 1.29 is 44.1 Å². The number of carbonyl (C=O) groups excluding carboxylic acids is 1. The maximum Gasteiger partial charge on any atom is 0.466 e. The zero-order valence-electron chi connectivity index (χ0n) is 11.5. The van der Waals surface area contributed by atoms with Crippen molar-refractivity contribution in [1.29, 1.82) is 0 Å². The van der Waals surface area contributed by atoms with Gasteiger partial charge in [-0.15, -0.1) is 0 Å². The Balaban J connectivity index is 0.000000463. The Morgan fingerprint density at radius 2 is 1.87 bits per heavy atom. The van der Waals surface area contributed by atoms with Crippen LogP contribution < -0.4 is 11.5 Å². The van der Waals surface area contributed by atoms with E-state index < -0.39 is 44.9 Å². The van der Waals surface area contributed by atoms with Gasteiger partial charge in [0.1, 0.15) is 24.1 Å². The molecule has 1 saturated heterocycles. The number of anilines is 1. The molecule has 2 rings (SSSR count). The van der Waals surface area contributed by atoms with E-state index in [9.17, 15) is 15.0 Å². The second kappa shape index (κ2) is 7.33. The number of aliphatic hydroxyl groups excluding tert-OH is 3. The lowest BCUT2D eigenvalue weighted by atomic mass is 10.1. The molecule has 1 aromatic rings. The van der Waals surface area contributed by atoms with Gasteiger partial charge in [0.05, 0.1) is 12.9 Å². The van der Waals surface area contributed by atoms with E-state index in [0.29, 0.717) is 0 Å². The number of amides is 1. The zero-order chi connectivity index (χ0) is 17.9. The summed E-state index contributed by atoms with van der Waals surface area (Å²) < 4.78 is 15.3. The Kier molecular flexibility index (Phi) is 6.21. The standard InChI is InChI=1S/C9H14N4O5.H3O4P/c10-7-4(8(11)17)12-2-13(7)9-6(16)5(15)3(1-14)18-9;1-5(2,3)4/h2-3,5-6,9,14-16H,1,10H2,(H2,11,17);(H3,1,2,3,4)/t3-,5-,6-,9-;/m1./s1. The first kappa shape index (κ1) is 19.5. The molecule has 132 valence electrons. The highest BCUT2D eigenvalue weighted by atomic mass is 31.2. The number of phosphoric acid groups is 1. The van der Waals surface area contributed by atoms with Crippen molar-refractivity contribution in [2.24, 2.45) is 5.73 Å². The van der Waals surface area contributed by atoms with Gasteiger partial charge >= 0.3 is 7.82 Å². The average Bonchev–Trinajstić information content (AvgIpc) is 2.90. The van der Waals surface area contributed by atoms with Crippen LogP contribution in [0.25, 0.3) is 0 Å². The summed E-state index contributed by atoms with van der Waals surface area (Å²) in [5, 5.41) is 28.3. The highest BCUT2D eigenvalue weighted by Crippen LogP contribution is 2.31. The minimum Gasteiger partial charge on any atom is -0.394 e. The summed E-state index contributed by atoms with van der Waals surface area (Å²) in [7, 11) is -4.64. The molecule has 1 amide bonds. The van der Waals surface area contributed by atoms with Crippen LogP contribution in [-0.2, 0) is 9.30 Å². The van der Waals surface area contributed by atoms with E-state index in [-0.39, 0.29) is 11.5 Å². The van der Waals surface area contributed by atoms with E-state index in [4.69, 9.17) is 40.6 Å². The van der Waals surface area contributed by atoms with Crippen LogP contribution in [0.15, 0.2) is 6.33 Å². The molecule has 1 aromatic heterocycles. The lowest BCUT2D eigenvalue weighted by Crippen LogP contribution is -2.33. The summed E-state index contributed by atoms with van der Waals surface area (Å²) in [6.45, 7) is -0.452. The van der Waals surface area contributed by atoms with Crippen molar-refractivity contribution in [3.8, 4) is 0 Å². The molecule has 2 heterocycles. The topological polar surface area (TPSA) is 235 Å². The molecule has 0 aromatic carbocycles. The number of imidazole rings is 1. The van der Waals surface area contributed by atoms with Crippen LogP contribution >= 0.6 is 7.82 Å². The number of primary amides is 1. The molecule has 0 aliphatic carbocycles. The lowest BCUT2D eigenvalue weighted by Gasteiger charge is -2.17. The fourth-order valence-corrected chi connectivity index (χ4v) is 1.87. The first-order chi connectivity index (χ1) is 10.5. The van der Waals surface area contributed by atoms with Gasteiger partial charge in [-0.05, 0) is 0 Å². The predicted molar refractivity (Wildman–Crippen MR) is 72.4 cm³/mol. The molecule has 0 spiro atoms. The molecule has 0 unspecified atom stereocenters. The van der Waals surface area contributed by atoms with E-state index >= 15 is 0 Å². The van der Waals surface area contributed by atoms with Crippen molar-refractivity contribution in [2.75, 3.05) is 12.3 Å². The normalized spacial score (nSPS) is 27.4. The number of hydrogen-bond donors (Lipinski definition) is 8. The molecule has 1 aliphatic heterocycles. The first-order valence-corrected chi connectivity index (χ1v) is 7.56. The van der Waals surface area contributed by atoms with Crippen LogP contribution in [0.5, 0.6) is 0 Å². The monoisotopic (exact) mass is 356 g/mol. The van der Waals surface area contributed by atoms with E-state index in [1.807, 2.05) is 0 Å². The summed E-state index contributed by atoms with van der Waals surface area (Å²) in [6, 6.07) is 0. The first-order valence-electron chi connectivity index (χ1n) is 6.00. The molecule has 14 heteroatoms. The molecule has 23 heavy (non-hydrogen) atoms. The SMILES string of the molecule is NC(=O)c1ncn([C@@H]2O[C@H](CO)[C@@H](O)[C@H]2O)c1N.O=P(O)(O)O. The molecular weight excluding hydrogens is 339 g/mol. The quantitative estimate of drug-likeness (QED) is 0.245. The molecule has 1 fully saturated rings. The average molecular weight is 356 g/mol. The molecule has 4 atom stereocenters. The van der Waals surface area contributed by atoms with Crippen molar-refractivity contribution in [1.82, 2.24) is 9.55 Å². The van der Waals surface area contributed by atoms with Crippen molar-refractivity contribution in [2.45, 2.75) is 24.5 Å². The maximum atomic E-state index is 11.0. The smallest absolute Gasteiger partial charge is 0.394 e. The van der Waals surface area contributed by atoms with Crippen LogP contribution in [0.4, 0.5) is 5.82 Å². The van der Waals surface area contributed by atoms with E-state index in [1.54, 1.807) is 0 Å². The number of aliphatic hydroxyl groups is 3. The number of nitrogens with zero attached hydrogens (tertiary/aromatic N) is 2. The van der Waals surface area contributed by atoms with E-state index in [0.717, 1.165) is 0 Å². The molecular formula is C9H17N4O9P. The number of rotatable bonds is 3. The predicted octanol–water partition coefficient (Wildman–Crippen LogP) is -3.75. The van der Waals surface area contributed by atoms with Gasteiger partial charge in [0.2, 0.25) is 0 Å². The number of ether oxygens (including phenoxy) is 1. The van der Waals surface area contributed by atoms with Gasteiger partial charge in [0.25, 0.3) is 5.91 Å². The summed E-state index contributed by atoms with van der Waals surface area (Å²) in [4.78, 5) is 36.3. The van der Waals surface area contributed by atoms with E-state index in [2.05, 4.69) is 4.98 Å². The van der Waals surface area contributed by atoms with Gasteiger partial charge in [0.15, 0.2) is 11.9 Å². The number of carbonyl (C=O) groups is 1.